The van der Waals surface area contributed by atoms with Gasteiger partial charge in [0, 0.05) is 0 Å². The van der Waals surface area contributed by atoms with Gasteiger partial charge in [-0.15, -0.1) is 12.8 Å². The normalized spacial score (nSPS) is 15.9. The van der Waals surface area contributed by atoms with E-state index in [-0.39, 0.29) is 25.8 Å². The van der Waals surface area contributed by atoms with Crippen molar-refractivity contribution in [2.24, 2.45) is 0 Å². The number of hydrogen-bond donors (Lipinski definition) is 0. The molecule has 17 heavy (non-hydrogen) atoms. The minimum Gasteiger partial charge on any atom is -0.269 e. The van der Waals surface area contributed by atoms with E-state index in [1.807, 2.05) is 0 Å². The molecule has 2 aliphatic rings. The molecule has 0 unspecified atom stereocenters. The summed E-state index contributed by atoms with van der Waals surface area (Å²) in [6.07, 6.45) is 22.2. The number of allylic oxidation sites excluding steroid dienone is 8. The van der Waals surface area contributed by atoms with Gasteiger partial charge in [0.05, 0.1) is 0 Å². The molecule has 0 saturated carbocycles. The van der Waals surface area contributed by atoms with Crippen molar-refractivity contribution in [3.8, 4) is 0 Å². The van der Waals surface area contributed by atoms with Crippen LogP contribution in [0.5, 0.6) is 0 Å². The van der Waals surface area contributed by atoms with Gasteiger partial charge in [0.25, 0.3) is 0 Å². The summed E-state index contributed by atoms with van der Waals surface area (Å²) in [6.45, 7) is 4.39. The Morgan fingerprint density at radius 3 is 1.53 bits per heavy atom. The Morgan fingerprint density at radius 1 is 0.882 bits per heavy atom. The van der Waals surface area contributed by atoms with Crippen molar-refractivity contribution in [1.82, 2.24) is 0 Å². The van der Waals surface area contributed by atoms with E-state index in [4.69, 9.17) is 0 Å². The largest absolute Gasteiger partial charge is 4.00 e. The SMILES string of the molecule is CCCC1=[C-]CC=C1.CCCC1=[C-]CC=C1.[Hf+4]. The second-order valence-electron chi connectivity index (χ2n) is 4.12. The molecule has 0 radical (unpaired) electrons. The van der Waals surface area contributed by atoms with E-state index < -0.39 is 0 Å². The van der Waals surface area contributed by atoms with Crippen molar-refractivity contribution in [1.29, 1.82) is 0 Å². The maximum Gasteiger partial charge on any atom is 4.00 e. The smallest absolute Gasteiger partial charge is 0.269 e. The van der Waals surface area contributed by atoms with E-state index in [0.717, 1.165) is 12.8 Å². The molecule has 1 heteroatoms. The van der Waals surface area contributed by atoms with Crippen LogP contribution in [0, 0.1) is 12.2 Å². The van der Waals surface area contributed by atoms with Gasteiger partial charge >= 0.3 is 25.8 Å². The molecule has 0 spiro atoms. The molecule has 2 rings (SSSR count). The summed E-state index contributed by atoms with van der Waals surface area (Å²) in [5.41, 5.74) is 2.79. The van der Waals surface area contributed by atoms with Crippen molar-refractivity contribution in [3.63, 3.8) is 0 Å². The Hall–Kier alpha value is -0.170. The Kier molecular flexibility index (Phi) is 10.8. The molecule has 0 aromatic heterocycles. The van der Waals surface area contributed by atoms with Crippen molar-refractivity contribution in [3.05, 3.63) is 47.6 Å². The zero-order valence-corrected chi connectivity index (χ0v) is 14.6. The Labute approximate surface area is 125 Å². The molecule has 0 aromatic carbocycles. The maximum absolute atomic E-state index is 3.26. The maximum atomic E-state index is 3.26. The molecule has 0 nitrogen and oxygen atoms in total. The molecule has 0 aromatic rings. The van der Waals surface area contributed by atoms with Gasteiger partial charge in [0.2, 0.25) is 0 Å². The summed E-state index contributed by atoms with van der Waals surface area (Å²) in [5, 5.41) is 0. The molecule has 0 fully saturated rings. The van der Waals surface area contributed by atoms with Crippen LogP contribution in [0.3, 0.4) is 0 Å². The monoisotopic (exact) mass is 394 g/mol. The first kappa shape index (κ1) is 16.8. The van der Waals surface area contributed by atoms with E-state index in [0.29, 0.717) is 0 Å². The van der Waals surface area contributed by atoms with E-state index in [2.05, 4.69) is 50.3 Å². The molecule has 88 valence electrons. The molecule has 0 atom stereocenters. The fraction of sp³-hybridized carbons (Fsp3) is 0.500. The van der Waals surface area contributed by atoms with Gasteiger partial charge in [-0.25, -0.2) is 23.3 Å². The van der Waals surface area contributed by atoms with Crippen molar-refractivity contribution < 1.29 is 25.8 Å². The number of hydrogen-bond acceptors (Lipinski definition) is 0. The molecular formula is C16H22Hf+2. The van der Waals surface area contributed by atoms with E-state index in [9.17, 15) is 0 Å². The molecule has 0 heterocycles. The fourth-order valence-electron chi connectivity index (χ4n) is 1.78. The molecule has 2 aliphatic carbocycles. The third-order valence-corrected chi connectivity index (χ3v) is 2.57. The number of rotatable bonds is 4. The predicted molar refractivity (Wildman–Crippen MR) is 70.8 cm³/mol. The van der Waals surface area contributed by atoms with Gasteiger partial charge in [-0.3, -0.25) is 12.2 Å². The summed E-state index contributed by atoms with van der Waals surface area (Å²) >= 11 is 0. The van der Waals surface area contributed by atoms with Gasteiger partial charge < -0.3 is 0 Å². The summed E-state index contributed by atoms with van der Waals surface area (Å²) in [7, 11) is 0. The van der Waals surface area contributed by atoms with Crippen LogP contribution >= 0.6 is 0 Å². The molecule has 0 saturated heterocycles. The zero-order valence-electron chi connectivity index (χ0n) is 11.1. The summed E-state index contributed by atoms with van der Waals surface area (Å²) in [4.78, 5) is 0. The minimum atomic E-state index is 0. The van der Waals surface area contributed by atoms with Gasteiger partial charge in [0.15, 0.2) is 0 Å². The molecule has 0 bridgehead atoms. The van der Waals surface area contributed by atoms with E-state index in [1.54, 1.807) is 0 Å². The van der Waals surface area contributed by atoms with Crippen LogP contribution in [0.4, 0.5) is 0 Å². The third kappa shape index (κ3) is 7.70. The van der Waals surface area contributed by atoms with Crippen LogP contribution in [0.2, 0.25) is 0 Å². The summed E-state index contributed by atoms with van der Waals surface area (Å²) in [6, 6.07) is 0. The first-order valence-corrected chi connectivity index (χ1v) is 6.39. The van der Waals surface area contributed by atoms with Crippen molar-refractivity contribution >= 4 is 0 Å². The third-order valence-electron chi connectivity index (χ3n) is 2.57. The van der Waals surface area contributed by atoms with Crippen LogP contribution in [0.25, 0.3) is 0 Å². The molecular weight excluding hydrogens is 371 g/mol. The molecule has 0 N–H and O–H groups in total. The second-order valence-corrected chi connectivity index (χ2v) is 4.12. The fourth-order valence-corrected chi connectivity index (χ4v) is 1.78. The quantitative estimate of drug-likeness (QED) is 0.469. The van der Waals surface area contributed by atoms with E-state index >= 15 is 0 Å². The summed E-state index contributed by atoms with van der Waals surface area (Å²) in [5.74, 6) is 0. The van der Waals surface area contributed by atoms with Crippen LogP contribution in [-0.2, 0) is 25.8 Å². The second kappa shape index (κ2) is 11.0. The van der Waals surface area contributed by atoms with Crippen LogP contribution in [0.1, 0.15) is 52.4 Å². The van der Waals surface area contributed by atoms with Gasteiger partial charge in [-0.1, -0.05) is 39.5 Å². The molecule has 0 aliphatic heterocycles. The minimum absolute atomic E-state index is 0. The average Bonchev–Trinajstić information content (AvgIpc) is 2.92. The Morgan fingerprint density at radius 2 is 1.29 bits per heavy atom. The first-order chi connectivity index (χ1) is 7.86. The van der Waals surface area contributed by atoms with Gasteiger partial charge in [-0.05, 0) is 0 Å². The average molecular weight is 393 g/mol. The van der Waals surface area contributed by atoms with E-state index in [1.165, 1.54) is 36.8 Å². The summed E-state index contributed by atoms with van der Waals surface area (Å²) < 4.78 is 0. The standard InChI is InChI=1S/2C8H11.Hf/c2*1-2-5-8-6-3-4-7-8;/h2*3,6H,2,4-5H2,1H3;/q2*-1;+4. The van der Waals surface area contributed by atoms with Crippen LogP contribution in [-0.4, -0.2) is 0 Å². The predicted octanol–water partition coefficient (Wildman–Crippen LogP) is 4.95. The Balaban J connectivity index is 0.000000284. The van der Waals surface area contributed by atoms with Gasteiger partial charge in [-0.2, -0.15) is 12.2 Å². The Bertz CT molecular complexity index is 273. The topological polar surface area (TPSA) is 0 Å². The van der Waals surface area contributed by atoms with Crippen LogP contribution in [0.15, 0.2) is 35.5 Å². The van der Waals surface area contributed by atoms with Crippen molar-refractivity contribution in [2.75, 3.05) is 0 Å². The molecule has 0 amide bonds. The first-order valence-electron chi connectivity index (χ1n) is 6.39. The van der Waals surface area contributed by atoms with Gasteiger partial charge in [0.1, 0.15) is 0 Å². The zero-order chi connectivity index (χ0) is 11.6. The van der Waals surface area contributed by atoms with Crippen LogP contribution < -0.4 is 0 Å². The van der Waals surface area contributed by atoms with Crippen molar-refractivity contribution in [2.45, 2.75) is 52.4 Å².